The Labute approximate surface area is 255 Å². The van der Waals surface area contributed by atoms with Crippen LogP contribution in [0.4, 0.5) is 0 Å². The highest BCUT2D eigenvalue weighted by Crippen LogP contribution is 2.38. The van der Waals surface area contributed by atoms with Crippen LogP contribution in [-0.2, 0) is 16.6 Å². The smallest absolute Gasteiger partial charge is 0.294 e. The summed E-state index contributed by atoms with van der Waals surface area (Å²) in [6.07, 6.45) is 3.24. The van der Waals surface area contributed by atoms with E-state index < -0.39 is 10.0 Å². The van der Waals surface area contributed by atoms with Gasteiger partial charge in [0.1, 0.15) is 29.4 Å². The monoisotopic (exact) mass is 637 g/mol. The second-order valence-electron chi connectivity index (χ2n) is 10.0. The van der Waals surface area contributed by atoms with E-state index in [0.717, 1.165) is 28.9 Å². The molecule has 1 aliphatic heterocycles. The molecule has 5 heterocycles. The Balaban J connectivity index is 1.05. The summed E-state index contributed by atoms with van der Waals surface area (Å²) in [5.74, 6) is 2.01. The van der Waals surface area contributed by atoms with Gasteiger partial charge in [0.25, 0.3) is 5.19 Å². The minimum atomic E-state index is -3.48. The minimum absolute atomic E-state index is 0.208. The van der Waals surface area contributed by atoms with Gasteiger partial charge in [-0.2, -0.15) is 4.31 Å². The number of sulfonamides is 1. The fourth-order valence-corrected chi connectivity index (χ4v) is 8.31. The van der Waals surface area contributed by atoms with Crippen molar-refractivity contribution in [2.45, 2.75) is 30.3 Å². The van der Waals surface area contributed by atoms with Gasteiger partial charge in [-0.15, -0.1) is 16.4 Å². The molecule has 0 amide bonds. The number of hydrogen-bond acceptors (Lipinski definition) is 11. The van der Waals surface area contributed by atoms with Crippen molar-refractivity contribution in [1.82, 2.24) is 23.9 Å². The van der Waals surface area contributed by atoms with Gasteiger partial charge in [-0.25, -0.2) is 22.9 Å². The summed E-state index contributed by atoms with van der Waals surface area (Å²) in [5.41, 5.74) is 2.07. The third-order valence-electron chi connectivity index (χ3n) is 7.39. The number of fused-ring (bicyclic) bond motifs is 2. The number of aromatic nitrogens is 4. The summed E-state index contributed by atoms with van der Waals surface area (Å²) < 4.78 is 52.3. The normalized spacial score (nSPS) is 14.9. The summed E-state index contributed by atoms with van der Waals surface area (Å²) in [4.78, 5) is 10.5. The zero-order valence-electron chi connectivity index (χ0n) is 23.3. The van der Waals surface area contributed by atoms with Gasteiger partial charge >= 0.3 is 0 Å². The van der Waals surface area contributed by atoms with Gasteiger partial charge in [0.05, 0.1) is 41.4 Å². The Morgan fingerprint density at radius 2 is 1.86 bits per heavy atom. The molecule has 6 aromatic rings. The van der Waals surface area contributed by atoms with Crippen molar-refractivity contribution < 1.29 is 27.0 Å². The molecule has 7 rings (SSSR count). The van der Waals surface area contributed by atoms with Crippen molar-refractivity contribution in [3.8, 4) is 28.1 Å². The van der Waals surface area contributed by atoms with Crippen LogP contribution in [0.2, 0.25) is 0 Å². The predicted molar refractivity (Wildman–Crippen MR) is 163 cm³/mol. The Kier molecular flexibility index (Phi) is 7.29. The van der Waals surface area contributed by atoms with E-state index in [1.165, 1.54) is 11.3 Å². The highest BCUT2D eigenvalue weighted by atomic mass is 32.2. The number of methoxy groups -OCH3 is 2. The number of furan rings is 1. The molecule has 4 aromatic heterocycles. The molecule has 0 spiro atoms. The lowest BCUT2D eigenvalue weighted by atomic mass is 9.99. The number of rotatable bonds is 9. The number of benzene rings is 2. The molecule has 0 saturated carbocycles. The standard InChI is InChI=1S/C29H27N5O6S3/c1-37-20-12-24(22-14-26(40-25(22)13-20)23-15-34-28(31-23)42-29(32-34)38-2)39-16-19-17-41-27(30-19)18-8-10-33(11-9-18)43(35,36)21-6-4-3-5-7-21/h3-7,12-15,17-18H,8-11,16H2,1-2H3. The van der Waals surface area contributed by atoms with Crippen molar-refractivity contribution in [3.63, 3.8) is 0 Å². The first-order chi connectivity index (χ1) is 20.9. The van der Waals surface area contributed by atoms with E-state index in [-0.39, 0.29) is 12.5 Å². The highest BCUT2D eigenvalue weighted by molar-refractivity contribution is 7.89. The molecule has 43 heavy (non-hydrogen) atoms. The second kappa shape index (κ2) is 11.3. The number of nitrogens with zero attached hydrogens (tertiary/aromatic N) is 5. The van der Waals surface area contributed by atoms with Crippen molar-refractivity contribution in [2.75, 3.05) is 27.3 Å². The van der Waals surface area contributed by atoms with Crippen LogP contribution in [-0.4, -0.2) is 59.6 Å². The number of piperidine rings is 1. The lowest BCUT2D eigenvalue weighted by molar-refractivity contribution is 0.301. The molecule has 0 radical (unpaired) electrons. The fourth-order valence-electron chi connectivity index (χ4n) is 5.14. The summed E-state index contributed by atoms with van der Waals surface area (Å²) >= 11 is 2.93. The molecule has 11 nitrogen and oxygen atoms in total. The first kappa shape index (κ1) is 27.8. The first-order valence-electron chi connectivity index (χ1n) is 13.6. The van der Waals surface area contributed by atoms with E-state index in [1.807, 2.05) is 29.6 Å². The SMILES string of the molecule is COc1cc(OCc2csc(C3CCN(S(=O)(=O)c4ccccc4)CC3)n2)c2cc(-c3cn4nc(OC)sc4n3)oc2c1. The number of ether oxygens (including phenoxy) is 3. The number of hydrogen-bond donors (Lipinski definition) is 0. The summed E-state index contributed by atoms with van der Waals surface area (Å²) in [6.45, 7) is 1.21. The average Bonchev–Trinajstić information content (AvgIpc) is 3.83. The molecule has 1 saturated heterocycles. The van der Waals surface area contributed by atoms with Crippen molar-refractivity contribution in [3.05, 3.63) is 70.8 Å². The maximum absolute atomic E-state index is 13.0. The highest BCUT2D eigenvalue weighted by Gasteiger charge is 2.31. The lowest BCUT2D eigenvalue weighted by Gasteiger charge is -2.30. The number of thiazole rings is 1. The van der Waals surface area contributed by atoms with Crippen LogP contribution in [0.15, 0.2) is 69.4 Å². The zero-order valence-corrected chi connectivity index (χ0v) is 25.7. The Morgan fingerprint density at radius 1 is 1.05 bits per heavy atom. The van der Waals surface area contributed by atoms with E-state index in [0.29, 0.717) is 56.7 Å². The first-order valence-corrected chi connectivity index (χ1v) is 16.7. The van der Waals surface area contributed by atoms with Crippen LogP contribution in [0.1, 0.15) is 29.5 Å². The molecule has 222 valence electrons. The molecular formula is C29H27N5O6S3. The quantitative estimate of drug-likeness (QED) is 0.193. The summed E-state index contributed by atoms with van der Waals surface area (Å²) in [6, 6.07) is 14.1. The molecule has 0 atom stereocenters. The third-order valence-corrected chi connectivity index (χ3v) is 11.2. The van der Waals surface area contributed by atoms with Crippen LogP contribution in [0, 0.1) is 0 Å². The molecular weight excluding hydrogens is 611 g/mol. The zero-order chi connectivity index (χ0) is 29.6. The Bertz CT molecular complexity index is 1970. The maximum atomic E-state index is 13.0. The van der Waals surface area contributed by atoms with Gasteiger partial charge in [0.15, 0.2) is 5.76 Å². The third kappa shape index (κ3) is 5.35. The van der Waals surface area contributed by atoms with Gasteiger partial charge in [-0.1, -0.05) is 18.2 Å². The summed E-state index contributed by atoms with van der Waals surface area (Å²) in [5, 5.41) is 8.66. The summed E-state index contributed by atoms with van der Waals surface area (Å²) in [7, 11) is -0.311. The van der Waals surface area contributed by atoms with E-state index in [9.17, 15) is 8.42 Å². The van der Waals surface area contributed by atoms with Crippen LogP contribution >= 0.6 is 22.7 Å². The van der Waals surface area contributed by atoms with Crippen LogP contribution in [0.5, 0.6) is 16.7 Å². The van der Waals surface area contributed by atoms with E-state index in [1.54, 1.807) is 64.8 Å². The van der Waals surface area contributed by atoms with Crippen LogP contribution < -0.4 is 14.2 Å². The molecule has 0 aliphatic carbocycles. The molecule has 0 unspecified atom stereocenters. The van der Waals surface area contributed by atoms with Crippen molar-refractivity contribution in [2.24, 2.45) is 0 Å². The maximum Gasteiger partial charge on any atom is 0.294 e. The lowest BCUT2D eigenvalue weighted by Crippen LogP contribution is -2.37. The molecule has 0 bridgehead atoms. The van der Waals surface area contributed by atoms with Crippen molar-refractivity contribution in [1.29, 1.82) is 0 Å². The minimum Gasteiger partial charge on any atom is -0.496 e. The van der Waals surface area contributed by atoms with E-state index in [4.69, 9.17) is 23.6 Å². The number of imidazole rings is 1. The second-order valence-corrected chi connectivity index (χ2v) is 13.8. The molecule has 14 heteroatoms. The van der Waals surface area contributed by atoms with Gasteiger partial charge in [0.2, 0.25) is 15.0 Å². The fraction of sp³-hybridized carbons (Fsp3) is 0.276. The topological polar surface area (TPSA) is 121 Å². The predicted octanol–water partition coefficient (Wildman–Crippen LogP) is 5.83. The van der Waals surface area contributed by atoms with Gasteiger partial charge in [-0.05, 0) is 42.4 Å². The molecule has 2 aromatic carbocycles. The molecule has 0 N–H and O–H groups in total. The van der Waals surface area contributed by atoms with Gasteiger partial charge in [-0.3, -0.25) is 0 Å². The van der Waals surface area contributed by atoms with Gasteiger partial charge in [0, 0.05) is 36.5 Å². The Morgan fingerprint density at radius 3 is 2.60 bits per heavy atom. The Hall–Kier alpha value is -3.98. The average molecular weight is 638 g/mol. The van der Waals surface area contributed by atoms with E-state index >= 15 is 0 Å². The van der Waals surface area contributed by atoms with E-state index in [2.05, 4.69) is 10.1 Å². The molecule has 1 aliphatic rings. The van der Waals surface area contributed by atoms with Gasteiger partial charge < -0.3 is 18.6 Å². The molecule has 1 fully saturated rings. The largest absolute Gasteiger partial charge is 0.496 e. The van der Waals surface area contributed by atoms with Crippen molar-refractivity contribution >= 4 is 48.6 Å². The van der Waals surface area contributed by atoms with Crippen LogP contribution in [0.3, 0.4) is 0 Å². The van der Waals surface area contributed by atoms with Crippen LogP contribution in [0.25, 0.3) is 27.4 Å².